The Balaban J connectivity index is 1.78. The highest BCUT2D eigenvalue weighted by Gasteiger charge is 2.31. The smallest absolute Gasteiger partial charge is 0.123 e. The summed E-state index contributed by atoms with van der Waals surface area (Å²) in [6, 6.07) is 7.71. The van der Waals surface area contributed by atoms with Crippen LogP contribution in [0.5, 0.6) is 0 Å². The van der Waals surface area contributed by atoms with Crippen molar-refractivity contribution in [2.45, 2.75) is 44.7 Å². The molecule has 0 heterocycles. The first-order valence-corrected chi connectivity index (χ1v) is 6.72. The highest BCUT2D eigenvalue weighted by molar-refractivity contribution is 5.23. The van der Waals surface area contributed by atoms with Crippen molar-refractivity contribution in [3.8, 4) is 0 Å². The van der Waals surface area contributed by atoms with Gasteiger partial charge in [-0.25, -0.2) is 4.39 Å². The van der Waals surface area contributed by atoms with Crippen molar-refractivity contribution in [1.29, 1.82) is 0 Å². The first kappa shape index (κ1) is 13.5. The van der Waals surface area contributed by atoms with Crippen LogP contribution in [-0.2, 0) is 0 Å². The summed E-state index contributed by atoms with van der Waals surface area (Å²) in [4.78, 5) is 0. The van der Waals surface area contributed by atoms with Gasteiger partial charge in [-0.05, 0) is 49.3 Å². The van der Waals surface area contributed by atoms with Crippen molar-refractivity contribution in [3.05, 3.63) is 35.6 Å². The fraction of sp³-hybridized carbons (Fsp3) is 0.600. The Kier molecular flexibility index (Phi) is 4.36. The minimum absolute atomic E-state index is 0.168. The lowest BCUT2D eigenvalue weighted by atomic mass is 9.75. The second-order valence-corrected chi connectivity index (χ2v) is 5.53. The molecule has 2 atom stereocenters. The Morgan fingerprint density at radius 2 is 1.89 bits per heavy atom. The van der Waals surface area contributed by atoms with Crippen LogP contribution in [0.1, 0.15) is 38.2 Å². The molecule has 2 unspecified atom stereocenters. The van der Waals surface area contributed by atoms with E-state index in [1.54, 1.807) is 0 Å². The lowest BCUT2D eigenvalue weighted by Gasteiger charge is -2.39. The summed E-state index contributed by atoms with van der Waals surface area (Å²) < 4.78 is 12.8. The maximum atomic E-state index is 12.8. The van der Waals surface area contributed by atoms with Crippen molar-refractivity contribution in [3.63, 3.8) is 0 Å². The molecule has 1 aliphatic carbocycles. The molecule has 1 aromatic carbocycles. The highest BCUT2D eigenvalue weighted by Crippen LogP contribution is 2.37. The maximum Gasteiger partial charge on any atom is 0.123 e. The Labute approximate surface area is 108 Å². The molecule has 1 aliphatic rings. The molecule has 0 bridgehead atoms. The minimum Gasteiger partial charge on any atom is -0.396 e. The first-order chi connectivity index (χ1) is 8.60. The topological polar surface area (TPSA) is 32.3 Å². The molecule has 2 N–H and O–H groups in total. The highest BCUT2D eigenvalue weighted by atomic mass is 19.1. The zero-order valence-corrected chi connectivity index (χ0v) is 11.1. The molecule has 0 aliphatic heterocycles. The Hall–Kier alpha value is -0.930. The number of halogens is 1. The van der Waals surface area contributed by atoms with Gasteiger partial charge in [0, 0.05) is 18.7 Å². The van der Waals surface area contributed by atoms with Gasteiger partial charge in [-0.15, -0.1) is 0 Å². The van der Waals surface area contributed by atoms with E-state index in [0.717, 1.165) is 12.8 Å². The molecular formula is C15H22FNO. The van der Waals surface area contributed by atoms with Gasteiger partial charge in [0.05, 0.1) is 0 Å². The van der Waals surface area contributed by atoms with Crippen molar-refractivity contribution in [2.24, 2.45) is 5.92 Å². The van der Waals surface area contributed by atoms with Crippen molar-refractivity contribution in [2.75, 3.05) is 6.61 Å². The van der Waals surface area contributed by atoms with Gasteiger partial charge < -0.3 is 10.4 Å². The SMILES string of the molecule is CC(CO)C(C)NC1CC(c2ccc(F)cc2)C1. The number of nitrogens with one attached hydrogen (secondary N) is 1. The normalized spacial score (nSPS) is 26.4. The predicted octanol–water partition coefficient (Wildman–Crippen LogP) is 2.68. The third-order valence-corrected chi connectivity index (χ3v) is 4.12. The van der Waals surface area contributed by atoms with Crippen molar-refractivity contribution >= 4 is 0 Å². The van der Waals surface area contributed by atoms with E-state index in [4.69, 9.17) is 5.11 Å². The standard InChI is InChI=1S/C15H22FNO/c1-10(9-18)11(2)17-15-7-13(8-15)12-3-5-14(16)6-4-12/h3-6,10-11,13,15,17-18H,7-9H2,1-2H3. The number of benzene rings is 1. The second kappa shape index (κ2) is 5.81. The maximum absolute atomic E-state index is 12.8. The van der Waals surface area contributed by atoms with E-state index >= 15 is 0 Å². The Morgan fingerprint density at radius 3 is 2.44 bits per heavy atom. The Bertz CT molecular complexity index is 373. The van der Waals surface area contributed by atoms with Crippen LogP contribution in [0.2, 0.25) is 0 Å². The summed E-state index contributed by atoms with van der Waals surface area (Å²) in [6.45, 7) is 4.39. The minimum atomic E-state index is -0.168. The molecular weight excluding hydrogens is 229 g/mol. The molecule has 2 rings (SSSR count). The molecule has 1 fully saturated rings. The van der Waals surface area contributed by atoms with Gasteiger partial charge in [0.25, 0.3) is 0 Å². The third-order valence-electron chi connectivity index (χ3n) is 4.12. The molecule has 18 heavy (non-hydrogen) atoms. The van der Waals surface area contributed by atoms with E-state index in [0.29, 0.717) is 18.0 Å². The zero-order valence-electron chi connectivity index (χ0n) is 11.1. The molecule has 0 spiro atoms. The number of aliphatic hydroxyl groups is 1. The average Bonchev–Trinajstić information content (AvgIpc) is 2.33. The van der Waals surface area contributed by atoms with E-state index < -0.39 is 0 Å². The molecule has 0 radical (unpaired) electrons. The molecule has 0 aromatic heterocycles. The van der Waals surface area contributed by atoms with E-state index in [1.807, 2.05) is 19.1 Å². The van der Waals surface area contributed by atoms with Crippen LogP contribution in [-0.4, -0.2) is 23.8 Å². The molecule has 0 saturated heterocycles. The van der Waals surface area contributed by atoms with Crippen LogP contribution in [0.3, 0.4) is 0 Å². The van der Waals surface area contributed by atoms with Gasteiger partial charge in [0.15, 0.2) is 0 Å². The number of rotatable bonds is 5. The molecule has 100 valence electrons. The lowest BCUT2D eigenvalue weighted by molar-refractivity contribution is 0.180. The predicted molar refractivity (Wildman–Crippen MR) is 71.0 cm³/mol. The quantitative estimate of drug-likeness (QED) is 0.843. The molecule has 0 amide bonds. The molecule has 3 heteroatoms. The first-order valence-electron chi connectivity index (χ1n) is 6.72. The number of hydrogen-bond donors (Lipinski definition) is 2. The van der Waals surface area contributed by atoms with Gasteiger partial charge in [0.1, 0.15) is 5.82 Å². The summed E-state index contributed by atoms with van der Waals surface area (Å²) in [6.07, 6.45) is 2.21. The monoisotopic (exact) mass is 251 g/mol. The summed E-state index contributed by atoms with van der Waals surface area (Å²) in [5, 5.41) is 12.6. The summed E-state index contributed by atoms with van der Waals surface area (Å²) in [5.41, 5.74) is 1.23. The van der Waals surface area contributed by atoms with E-state index in [2.05, 4.69) is 12.2 Å². The summed E-state index contributed by atoms with van der Waals surface area (Å²) in [5.74, 6) is 0.674. The van der Waals surface area contributed by atoms with E-state index in [9.17, 15) is 4.39 Å². The van der Waals surface area contributed by atoms with Gasteiger partial charge in [-0.1, -0.05) is 19.1 Å². The summed E-state index contributed by atoms with van der Waals surface area (Å²) in [7, 11) is 0. The van der Waals surface area contributed by atoms with Gasteiger partial charge in [-0.3, -0.25) is 0 Å². The lowest BCUT2D eigenvalue weighted by Crippen LogP contribution is -2.47. The average molecular weight is 251 g/mol. The summed E-state index contributed by atoms with van der Waals surface area (Å²) >= 11 is 0. The van der Waals surface area contributed by atoms with Gasteiger partial charge in [0.2, 0.25) is 0 Å². The van der Waals surface area contributed by atoms with Crippen LogP contribution in [0.15, 0.2) is 24.3 Å². The van der Waals surface area contributed by atoms with Crippen molar-refractivity contribution in [1.82, 2.24) is 5.32 Å². The van der Waals surface area contributed by atoms with E-state index in [1.165, 1.54) is 17.7 Å². The number of aliphatic hydroxyl groups excluding tert-OH is 1. The number of hydrogen-bond acceptors (Lipinski definition) is 2. The third kappa shape index (κ3) is 3.09. The van der Waals surface area contributed by atoms with Crippen LogP contribution < -0.4 is 5.32 Å². The fourth-order valence-corrected chi connectivity index (χ4v) is 2.46. The zero-order chi connectivity index (χ0) is 13.1. The molecule has 2 nitrogen and oxygen atoms in total. The fourth-order valence-electron chi connectivity index (χ4n) is 2.46. The molecule has 1 aromatic rings. The molecule has 1 saturated carbocycles. The van der Waals surface area contributed by atoms with Crippen LogP contribution in [0.4, 0.5) is 4.39 Å². The van der Waals surface area contributed by atoms with E-state index in [-0.39, 0.29) is 18.3 Å². The van der Waals surface area contributed by atoms with Crippen LogP contribution >= 0.6 is 0 Å². The van der Waals surface area contributed by atoms with Gasteiger partial charge in [-0.2, -0.15) is 0 Å². The van der Waals surface area contributed by atoms with Crippen LogP contribution in [0.25, 0.3) is 0 Å². The van der Waals surface area contributed by atoms with Crippen LogP contribution in [0, 0.1) is 11.7 Å². The second-order valence-electron chi connectivity index (χ2n) is 5.53. The van der Waals surface area contributed by atoms with Crippen molar-refractivity contribution < 1.29 is 9.50 Å². The van der Waals surface area contributed by atoms with Gasteiger partial charge >= 0.3 is 0 Å². The Morgan fingerprint density at radius 1 is 1.28 bits per heavy atom. The largest absolute Gasteiger partial charge is 0.396 e.